The van der Waals surface area contributed by atoms with Crippen molar-refractivity contribution < 1.29 is 39.1 Å². The second-order valence-electron chi connectivity index (χ2n) is 2.82. The van der Waals surface area contributed by atoms with Crippen LogP contribution in [0.1, 0.15) is 33.6 Å². The first-order valence-electron chi connectivity index (χ1n) is 4.49. The zero-order chi connectivity index (χ0) is 13.8. The summed E-state index contributed by atoms with van der Waals surface area (Å²) in [5.41, 5.74) is 0. The standard InChI is InChI=1S/C5H8O4.C4H6O4/c1-4(6)2-3-5(7)9-8;1-3(5)7-8-4(2)6/h8H,2-3H2,1H3;1-2H3. The highest BCUT2D eigenvalue weighted by Gasteiger charge is 2.02. The molecular formula is C9H14O8. The van der Waals surface area contributed by atoms with Crippen LogP contribution in [-0.2, 0) is 33.8 Å². The van der Waals surface area contributed by atoms with E-state index in [4.69, 9.17) is 5.26 Å². The molecule has 0 heterocycles. The van der Waals surface area contributed by atoms with Crippen molar-refractivity contribution in [1.29, 1.82) is 0 Å². The minimum Gasteiger partial charge on any atom is -0.301 e. The van der Waals surface area contributed by atoms with Gasteiger partial charge in [-0.15, -0.1) is 0 Å². The first kappa shape index (κ1) is 17.4. The van der Waals surface area contributed by atoms with Gasteiger partial charge in [0.15, 0.2) is 0 Å². The van der Waals surface area contributed by atoms with Gasteiger partial charge in [0.25, 0.3) is 0 Å². The Hall–Kier alpha value is -1.96. The molecule has 0 saturated carbocycles. The molecule has 0 saturated heterocycles. The highest BCUT2D eigenvalue weighted by molar-refractivity contribution is 5.80. The van der Waals surface area contributed by atoms with E-state index in [1.165, 1.54) is 6.92 Å². The number of Topliss-reactive ketones (excluding diaryl/α,β-unsaturated/α-hetero) is 1. The Morgan fingerprint density at radius 1 is 0.882 bits per heavy atom. The Morgan fingerprint density at radius 2 is 1.29 bits per heavy atom. The van der Waals surface area contributed by atoms with Crippen LogP contribution in [0.5, 0.6) is 0 Å². The molecule has 1 N–H and O–H groups in total. The SMILES string of the molecule is CC(=O)CCC(=O)OO.CC(=O)OOC(C)=O. The molecule has 17 heavy (non-hydrogen) atoms. The lowest BCUT2D eigenvalue weighted by Gasteiger charge is -1.93. The Balaban J connectivity index is 0. The minimum absolute atomic E-state index is 0.0498. The van der Waals surface area contributed by atoms with Gasteiger partial charge < -0.3 is 9.68 Å². The van der Waals surface area contributed by atoms with E-state index in [-0.39, 0.29) is 18.6 Å². The zero-order valence-electron chi connectivity index (χ0n) is 9.72. The van der Waals surface area contributed by atoms with Crippen LogP contribution in [-0.4, -0.2) is 28.9 Å². The average Bonchev–Trinajstić information content (AvgIpc) is 2.23. The summed E-state index contributed by atoms with van der Waals surface area (Å²) in [7, 11) is 0. The van der Waals surface area contributed by atoms with E-state index in [2.05, 4.69) is 14.7 Å². The first-order valence-corrected chi connectivity index (χ1v) is 4.49. The van der Waals surface area contributed by atoms with Gasteiger partial charge in [0.1, 0.15) is 5.78 Å². The normalized spacial score (nSPS) is 8.24. The topological polar surface area (TPSA) is 116 Å². The van der Waals surface area contributed by atoms with Crippen LogP contribution in [0.4, 0.5) is 0 Å². The number of carbonyl (C=O) groups is 4. The van der Waals surface area contributed by atoms with E-state index in [0.717, 1.165) is 13.8 Å². The van der Waals surface area contributed by atoms with E-state index >= 15 is 0 Å². The molecule has 0 aliphatic heterocycles. The van der Waals surface area contributed by atoms with Crippen LogP contribution >= 0.6 is 0 Å². The second kappa shape index (κ2) is 10.6. The van der Waals surface area contributed by atoms with Gasteiger partial charge in [-0.3, -0.25) is 0 Å². The van der Waals surface area contributed by atoms with Crippen LogP contribution in [0.15, 0.2) is 0 Å². The van der Waals surface area contributed by atoms with Gasteiger partial charge in [0.2, 0.25) is 0 Å². The third kappa shape index (κ3) is 20.2. The predicted octanol–water partition coefficient (Wildman–Crippen LogP) is 0.399. The van der Waals surface area contributed by atoms with Crippen molar-refractivity contribution in [2.24, 2.45) is 0 Å². The van der Waals surface area contributed by atoms with Gasteiger partial charge in [-0.05, 0) is 6.92 Å². The van der Waals surface area contributed by atoms with Gasteiger partial charge in [-0.2, -0.15) is 5.26 Å². The van der Waals surface area contributed by atoms with Gasteiger partial charge in [0, 0.05) is 20.3 Å². The second-order valence-corrected chi connectivity index (χ2v) is 2.82. The molecule has 0 aromatic carbocycles. The van der Waals surface area contributed by atoms with Gasteiger partial charge >= 0.3 is 17.9 Å². The van der Waals surface area contributed by atoms with E-state index < -0.39 is 17.9 Å². The van der Waals surface area contributed by atoms with E-state index in [1.54, 1.807) is 0 Å². The van der Waals surface area contributed by atoms with E-state index in [1.807, 2.05) is 0 Å². The molecule has 98 valence electrons. The molecule has 0 atom stereocenters. The molecule has 0 rings (SSSR count). The molecule has 0 aliphatic carbocycles. The Bertz CT molecular complexity index is 269. The van der Waals surface area contributed by atoms with Crippen molar-refractivity contribution in [3.8, 4) is 0 Å². The summed E-state index contributed by atoms with van der Waals surface area (Å²) in [5.74, 6) is -2.15. The summed E-state index contributed by atoms with van der Waals surface area (Å²) in [6, 6.07) is 0. The Kier molecular flexibility index (Phi) is 10.8. The molecule has 8 heteroatoms. The number of rotatable bonds is 3. The van der Waals surface area contributed by atoms with E-state index in [0.29, 0.717) is 0 Å². The largest absolute Gasteiger partial charge is 0.352 e. The van der Waals surface area contributed by atoms with Gasteiger partial charge in [0.05, 0.1) is 6.42 Å². The summed E-state index contributed by atoms with van der Waals surface area (Å²) in [6.45, 7) is 3.65. The fourth-order valence-electron chi connectivity index (χ4n) is 0.441. The molecule has 0 amide bonds. The minimum atomic E-state index is -0.773. The van der Waals surface area contributed by atoms with Crippen molar-refractivity contribution in [2.75, 3.05) is 0 Å². The number of hydrogen-bond acceptors (Lipinski definition) is 8. The van der Waals surface area contributed by atoms with Crippen LogP contribution in [0.2, 0.25) is 0 Å². The number of ketones is 1. The fraction of sp³-hybridized carbons (Fsp3) is 0.556. The molecule has 0 aromatic heterocycles. The molecule has 0 spiro atoms. The molecule has 0 bridgehead atoms. The molecule has 0 fully saturated rings. The summed E-state index contributed by atoms with van der Waals surface area (Å²) in [4.78, 5) is 50.9. The van der Waals surface area contributed by atoms with Crippen molar-refractivity contribution in [3.05, 3.63) is 0 Å². The molecule has 8 nitrogen and oxygen atoms in total. The molecular weight excluding hydrogens is 236 g/mol. The van der Waals surface area contributed by atoms with E-state index in [9.17, 15) is 19.2 Å². The van der Waals surface area contributed by atoms with Crippen LogP contribution in [0.3, 0.4) is 0 Å². The third-order valence-electron chi connectivity index (χ3n) is 1.06. The lowest BCUT2D eigenvalue weighted by atomic mass is 10.2. The lowest BCUT2D eigenvalue weighted by molar-refractivity contribution is -0.255. The Morgan fingerprint density at radius 3 is 1.53 bits per heavy atom. The summed E-state index contributed by atoms with van der Waals surface area (Å²) in [6.07, 6.45) is 0.0746. The predicted molar refractivity (Wildman–Crippen MR) is 52.2 cm³/mol. The molecule has 0 aliphatic rings. The monoisotopic (exact) mass is 250 g/mol. The highest BCUT2D eigenvalue weighted by atomic mass is 17.2. The summed E-state index contributed by atoms with van der Waals surface area (Å²) < 4.78 is 0. The summed E-state index contributed by atoms with van der Waals surface area (Å²) >= 11 is 0. The maximum Gasteiger partial charge on any atom is 0.352 e. The third-order valence-corrected chi connectivity index (χ3v) is 1.06. The molecule has 0 unspecified atom stereocenters. The van der Waals surface area contributed by atoms with Crippen molar-refractivity contribution in [3.63, 3.8) is 0 Å². The Labute approximate surface area is 97.3 Å². The van der Waals surface area contributed by atoms with Crippen LogP contribution < -0.4 is 0 Å². The van der Waals surface area contributed by atoms with Crippen molar-refractivity contribution in [1.82, 2.24) is 0 Å². The fourth-order valence-corrected chi connectivity index (χ4v) is 0.441. The molecule has 0 radical (unpaired) electrons. The van der Waals surface area contributed by atoms with Crippen LogP contribution in [0.25, 0.3) is 0 Å². The average molecular weight is 250 g/mol. The zero-order valence-corrected chi connectivity index (χ0v) is 9.72. The maximum atomic E-state index is 10.2. The van der Waals surface area contributed by atoms with Gasteiger partial charge in [-0.25, -0.2) is 24.2 Å². The number of hydrogen-bond donors (Lipinski definition) is 1. The molecule has 0 aromatic rings. The highest BCUT2D eigenvalue weighted by Crippen LogP contribution is 1.91. The van der Waals surface area contributed by atoms with Crippen molar-refractivity contribution >= 4 is 23.7 Å². The first-order chi connectivity index (χ1) is 7.79. The van der Waals surface area contributed by atoms with Crippen LogP contribution in [0, 0.1) is 0 Å². The van der Waals surface area contributed by atoms with Gasteiger partial charge in [-0.1, -0.05) is 0 Å². The van der Waals surface area contributed by atoms with Crippen molar-refractivity contribution in [2.45, 2.75) is 33.6 Å². The maximum absolute atomic E-state index is 10.2. The lowest BCUT2D eigenvalue weighted by Crippen LogP contribution is -2.03. The summed E-state index contributed by atoms with van der Waals surface area (Å²) in [5, 5.41) is 7.69. The number of carbonyl (C=O) groups excluding carboxylic acids is 4. The quantitative estimate of drug-likeness (QED) is 0.565. The smallest absolute Gasteiger partial charge is 0.301 e.